The Morgan fingerprint density at radius 1 is 1.29 bits per heavy atom. The number of ether oxygens (including phenoxy) is 1. The Morgan fingerprint density at radius 2 is 1.92 bits per heavy atom. The smallest absolute Gasteiger partial charge is 0.225 e. The van der Waals surface area contributed by atoms with Crippen molar-refractivity contribution in [3.63, 3.8) is 0 Å². The molecular formula is C17H21Cl2N3O2. The zero-order valence-corrected chi connectivity index (χ0v) is 15.7. The van der Waals surface area contributed by atoms with E-state index in [0.717, 1.165) is 5.56 Å². The summed E-state index contributed by atoms with van der Waals surface area (Å²) in [7, 11) is 1.61. The molecule has 1 amide bonds. The van der Waals surface area contributed by atoms with Gasteiger partial charge in [-0.1, -0.05) is 30.1 Å². The number of nitrogens with zero attached hydrogens (tertiary/aromatic N) is 2. The van der Waals surface area contributed by atoms with Gasteiger partial charge in [-0.3, -0.25) is 4.79 Å². The van der Waals surface area contributed by atoms with E-state index < -0.39 is 0 Å². The summed E-state index contributed by atoms with van der Waals surface area (Å²) in [5, 5.41) is 8.19. The number of benzene rings is 1. The predicted molar refractivity (Wildman–Crippen MR) is 96.3 cm³/mol. The van der Waals surface area contributed by atoms with Crippen molar-refractivity contribution in [3.05, 3.63) is 39.5 Å². The minimum Gasteiger partial charge on any atom is -0.439 e. The van der Waals surface area contributed by atoms with Gasteiger partial charge in [0.1, 0.15) is 5.75 Å². The number of halogens is 2. The molecule has 1 aromatic heterocycles. The van der Waals surface area contributed by atoms with Crippen molar-refractivity contribution in [1.82, 2.24) is 15.1 Å². The summed E-state index contributed by atoms with van der Waals surface area (Å²) < 4.78 is 7.83. The number of amides is 1. The summed E-state index contributed by atoms with van der Waals surface area (Å²) in [6.07, 6.45) is 0.911. The zero-order chi connectivity index (χ0) is 17.9. The zero-order valence-electron chi connectivity index (χ0n) is 14.2. The first-order chi connectivity index (χ1) is 11.3. The average Bonchev–Trinajstić information content (AvgIpc) is 2.83. The van der Waals surface area contributed by atoms with Gasteiger partial charge < -0.3 is 10.1 Å². The first-order valence-corrected chi connectivity index (χ1v) is 8.56. The van der Waals surface area contributed by atoms with Crippen molar-refractivity contribution in [2.75, 3.05) is 7.05 Å². The van der Waals surface area contributed by atoms with Crippen LogP contribution >= 0.6 is 23.2 Å². The third-order valence-corrected chi connectivity index (χ3v) is 3.98. The number of likely N-dealkylation sites (N-methyl/N-ethyl adjacent to an activating group) is 1. The lowest BCUT2D eigenvalue weighted by Crippen LogP contribution is -2.20. The molecule has 0 aliphatic heterocycles. The lowest BCUT2D eigenvalue weighted by Gasteiger charge is -2.13. The van der Waals surface area contributed by atoms with E-state index in [2.05, 4.69) is 10.4 Å². The van der Waals surface area contributed by atoms with E-state index >= 15 is 0 Å². The minimum absolute atomic E-state index is 0.0818. The lowest BCUT2D eigenvalue weighted by atomic mass is 10.1. The summed E-state index contributed by atoms with van der Waals surface area (Å²) in [5.74, 6) is 1.07. The van der Waals surface area contributed by atoms with Gasteiger partial charge in [-0.2, -0.15) is 5.10 Å². The van der Waals surface area contributed by atoms with E-state index in [0.29, 0.717) is 33.8 Å². The summed E-state index contributed by atoms with van der Waals surface area (Å²) >= 11 is 12.1. The van der Waals surface area contributed by atoms with Gasteiger partial charge in [0.15, 0.2) is 0 Å². The number of hydrogen-bond acceptors (Lipinski definition) is 3. The van der Waals surface area contributed by atoms with Crippen LogP contribution in [-0.4, -0.2) is 22.7 Å². The molecule has 2 rings (SSSR count). The Morgan fingerprint density at radius 3 is 2.42 bits per heavy atom. The molecule has 0 atom stereocenters. The van der Waals surface area contributed by atoms with E-state index in [1.165, 1.54) is 0 Å². The number of aromatic nitrogens is 2. The fourth-order valence-electron chi connectivity index (χ4n) is 2.39. The Labute approximate surface area is 151 Å². The van der Waals surface area contributed by atoms with E-state index in [4.69, 9.17) is 27.9 Å². The van der Waals surface area contributed by atoms with Crippen LogP contribution in [0.1, 0.15) is 38.1 Å². The Balaban J connectivity index is 2.47. The fourth-order valence-corrected chi connectivity index (χ4v) is 2.90. The number of rotatable bonds is 6. The van der Waals surface area contributed by atoms with Crippen LogP contribution in [0.2, 0.25) is 10.0 Å². The maximum absolute atomic E-state index is 11.8. The number of carbonyl (C=O) groups excluding carboxylic acids is 1. The highest BCUT2D eigenvalue weighted by Crippen LogP contribution is 2.33. The van der Waals surface area contributed by atoms with Crippen molar-refractivity contribution >= 4 is 29.1 Å². The maximum Gasteiger partial charge on any atom is 0.225 e. The predicted octanol–water partition coefficient (Wildman–Crippen LogP) is 4.41. The molecule has 130 valence electrons. The third-order valence-electron chi connectivity index (χ3n) is 3.54. The second kappa shape index (κ2) is 7.90. The second-order valence-corrected chi connectivity index (χ2v) is 6.55. The highest BCUT2D eigenvalue weighted by Gasteiger charge is 2.22. The second-order valence-electron chi connectivity index (χ2n) is 5.68. The number of nitrogens with one attached hydrogen (secondary N) is 1. The van der Waals surface area contributed by atoms with Crippen molar-refractivity contribution < 1.29 is 9.53 Å². The van der Waals surface area contributed by atoms with Gasteiger partial charge in [-0.25, -0.2) is 4.68 Å². The number of hydrogen-bond donors (Lipinski definition) is 1. The van der Waals surface area contributed by atoms with E-state index in [1.807, 2.05) is 20.8 Å². The molecule has 0 unspecified atom stereocenters. The molecule has 1 heterocycles. The molecule has 7 heteroatoms. The number of carbonyl (C=O) groups is 1. The van der Waals surface area contributed by atoms with Gasteiger partial charge in [0.05, 0.1) is 18.2 Å². The van der Waals surface area contributed by atoms with Gasteiger partial charge in [0, 0.05) is 22.7 Å². The molecule has 0 radical (unpaired) electrons. The first kappa shape index (κ1) is 18.6. The normalized spacial score (nSPS) is 11.0. The van der Waals surface area contributed by atoms with Gasteiger partial charge in [-0.05, 0) is 38.5 Å². The van der Waals surface area contributed by atoms with Gasteiger partial charge >= 0.3 is 0 Å². The van der Waals surface area contributed by atoms with Crippen LogP contribution in [0.15, 0.2) is 18.2 Å². The van der Waals surface area contributed by atoms with Crippen LogP contribution in [0.3, 0.4) is 0 Å². The molecule has 1 aromatic carbocycles. The van der Waals surface area contributed by atoms with Crippen molar-refractivity contribution in [3.8, 4) is 11.6 Å². The standard InChI is InChI=1S/C17H21Cl2N3O2/c1-5-14-15(9-16(23)20-4)21-22(10(2)3)17(14)24-13-7-11(18)6-12(19)8-13/h6-8,10H,5,9H2,1-4H3,(H,20,23). The average molecular weight is 370 g/mol. The van der Waals surface area contributed by atoms with Crippen molar-refractivity contribution in [1.29, 1.82) is 0 Å². The van der Waals surface area contributed by atoms with Crippen LogP contribution in [0, 0.1) is 0 Å². The summed E-state index contributed by atoms with van der Waals surface area (Å²) in [5.41, 5.74) is 1.62. The van der Waals surface area contributed by atoms with Crippen molar-refractivity contribution in [2.45, 2.75) is 39.7 Å². The highest BCUT2D eigenvalue weighted by atomic mass is 35.5. The van der Waals surface area contributed by atoms with Crippen LogP contribution in [0.25, 0.3) is 0 Å². The van der Waals surface area contributed by atoms with E-state index in [1.54, 1.807) is 29.9 Å². The quantitative estimate of drug-likeness (QED) is 0.819. The third kappa shape index (κ3) is 4.22. The van der Waals surface area contributed by atoms with E-state index in [-0.39, 0.29) is 18.4 Å². The lowest BCUT2D eigenvalue weighted by molar-refractivity contribution is -0.120. The Bertz CT molecular complexity index is 721. The summed E-state index contributed by atoms with van der Waals surface area (Å²) in [4.78, 5) is 11.8. The first-order valence-electron chi connectivity index (χ1n) is 7.80. The molecule has 0 saturated carbocycles. The molecule has 0 fully saturated rings. The molecule has 24 heavy (non-hydrogen) atoms. The van der Waals surface area contributed by atoms with Crippen LogP contribution in [-0.2, 0) is 17.6 Å². The van der Waals surface area contributed by atoms with Gasteiger partial charge in [0.2, 0.25) is 11.8 Å². The van der Waals surface area contributed by atoms with Crippen molar-refractivity contribution in [2.24, 2.45) is 0 Å². The van der Waals surface area contributed by atoms with Crippen LogP contribution in [0.5, 0.6) is 11.6 Å². The Hall–Kier alpha value is -1.72. The monoisotopic (exact) mass is 369 g/mol. The highest BCUT2D eigenvalue weighted by molar-refractivity contribution is 6.34. The molecular weight excluding hydrogens is 349 g/mol. The van der Waals surface area contributed by atoms with Crippen LogP contribution in [0.4, 0.5) is 0 Å². The SMILES string of the molecule is CCc1c(CC(=O)NC)nn(C(C)C)c1Oc1cc(Cl)cc(Cl)c1. The Kier molecular flexibility index (Phi) is 6.13. The molecule has 0 spiro atoms. The molecule has 0 aliphatic carbocycles. The molecule has 0 aliphatic rings. The van der Waals surface area contributed by atoms with E-state index in [9.17, 15) is 4.79 Å². The molecule has 0 bridgehead atoms. The molecule has 2 aromatic rings. The minimum atomic E-state index is -0.0875. The molecule has 0 saturated heterocycles. The van der Waals surface area contributed by atoms with Crippen LogP contribution < -0.4 is 10.1 Å². The van der Waals surface area contributed by atoms with Gasteiger partial charge in [-0.15, -0.1) is 0 Å². The topological polar surface area (TPSA) is 56.2 Å². The molecule has 5 nitrogen and oxygen atoms in total. The summed E-state index contributed by atoms with van der Waals surface area (Å²) in [6.45, 7) is 6.02. The fraction of sp³-hybridized carbons (Fsp3) is 0.412. The summed E-state index contributed by atoms with van der Waals surface area (Å²) in [6, 6.07) is 5.12. The largest absolute Gasteiger partial charge is 0.439 e. The maximum atomic E-state index is 11.8. The van der Waals surface area contributed by atoms with Gasteiger partial charge in [0.25, 0.3) is 0 Å². The molecule has 1 N–H and O–H groups in total.